The number of nitrogens with zero attached hydrogens (tertiary/aromatic N) is 1. The summed E-state index contributed by atoms with van der Waals surface area (Å²) in [7, 11) is 1.68. The van der Waals surface area contributed by atoms with Crippen LogP contribution in [0.2, 0.25) is 0 Å². The molecule has 4 heteroatoms. The summed E-state index contributed by atoms with van der Waals surface area (Å²) in [5.41, 5.74) is 4.72. The minimum Gasteiger partial charge on any atom is -0.493 e. The van der Waals surface area contributed by atoms with Crippen LogP contribution in [-0.2, 0) is 13.2 Å². The van der Waals surface area contributed by atoms with Gasteiger partial charge in [-0.15, -0.1) is 0 Å². The molecule has 0 amide bonds. The van der Waals surface area contributed by atoms with Crippen molar-refractivity contribution < 1.29 is 9.47 Å². The maximum absolute atomic E-state index is 5.94. The molecule has 1 saturated heterocycles. The molecule has 1 N–H and O–H groups in total. The molecule has 1 fully saturated rings. The molecule has 1 aliphatic heterocycles. The molecule has 29 heavy (non-hydrogen) atoms. The summed E-state index contributed by atoms with van der Waals surface area (Å²) < 4.78 is 11.5. The maximum Gasteiger partial charge on any atom is 0.161 e. The molecular weight excluding hydrogens is 360 g/mol. The Kier molecular flexibility index (Phi) is 6.20. The highest BCUT2D eigenvalue weighted by atomic mass is 16.5. The lowest BCUT2D eigenvalue weighted by molar-refractivity contribution is 0.284. The summed E-state index contributed by atoms with van der Waals surface area (Å²) in [4.78, 5) is 2.45. The fourth-order valence-electron chi connectivity index (χ4n) is 3.65. The first-order valence-corrected chi connectivity index (χ1v) is 10.2. The molecule has 0 atom stereocenters. The van der Waals surface area contributed by atoms with Gasteiger partial charge in [-0.25, -0.2) is 0 Å². The van der Waals surface area contributed by atoms with Crippen LogP contribution in [0.1, 0.15) is 24.0 Å². The van der Waals surface area contributed by atoms with E-state index in [0.29, 0.717) is 6.61 Å². The number of benzene rings is 3. The highest BCUT2D eigenvalue weighted by molar-refractivity contribution is 5.56. The SMILES string of the molecule is COc1cc(CNc2ccc(N3CCCC3)cc2)ccc1OCc1ccccc1. The van der Waals surface area contributed by atoms with Crippen molar-refractivity contribution in [2.45, 2.75) is 26.0 Å². The van der Waals surface area contributed by atoms with E-state index in [1.54, 1.807) is 7.11 Å². The lowest BCUT2D eigenvalue weighted by Crippen LogP contribution is -2.17. The third kappa shape index (κ3) is 5.02. The Morgan fingerprint density at radius 2 is 1.59 bits per heavy atom. The molecular formula is C25H28N2O2. The summed E-state index contributed by atoms with van der Waals surface area (Å²) in [6.07, 6.45) is 2.60. The third-order valence-electron chi connectivity index (χ3n) is 5.30. The zero-order valence-electron chi connectivity index (χ0n) is 16.9. The van der Waals surface area contributed by atoms with Gasteiger partial charge in [-0.05, 0) is 60.4 Å². The van der Waals surface area contributed by atoms with Crippen LogP contribution in [0.4, 0.5) is 11.4 Å². The molecule has 0 saturated carbocycles. The Balaban J connectivity index is 1.35. The van der Waals surface area contributed by atoms with Gasteiger partial charge in [0.25, 0.3) is 0 Å². The first-order chi connectivity index (χ1) is 14.3. The average Bonchev–Trinajstić information content (AvgIpc) is 3.32. The van der Waals surface area contributed by atoms with Crippen molar-refractivity contribution in [1.82, 2.24) is 0 Å². The van der Waals surface area contributed by atoms with Crippen molar-refractivity contribution in [3.8, 4) is 11.5 Å². The number of anilines is 2. The van der Waals surface area contributed by atoms with E-state index in [1.807, 2.05) is 30.3 Å². The Hall–Kier alpha value is -3.14. The molecule has 1 aliphatic rings. The van der Waals surface area contributed by atoms with Gasteiger partial charge in [-0.3, -0.25) is 0 Å². The van der Waals surface area contributed by atoms with Crippen LogP contribution in [0.3, 0.4) is 0 Å². The topological polar surface area (TPSA) is 33.7 Å². The molecule has 4 nitrogen and oxygen atoms in total. The van der Waals surface area contributed by atoms with Gasteiger partial charge in [0.1, 0.15) is 6.61 Å². The Morgan fingerprint density at radius 3 is 2.31 bits per heavy atom. The monoisotopic (exact) mass is 388 g/mol. The highest BCUT2D eigenvalue weighted by Gasteiger charge is 2.12. The van der Waals surface area contributed by atoms with Gasteiger partial charge >= 0.3 is 0 Å². The van der Waals surface area contributed by atoms with Crippen LogP contribution >= 0.6 is 0 Å². The molecule has 4 rings (SSSR count). The fourth-order valence-corrected chi connectivity index (χ4v) is 3.65. The molecule has 0 radical (unpaired) electrons. The average molecular weight is 389 g/mol. The van der Waals surface area contributed by atoms with Gasteiger partial charge < -0.3 is 19.7 Å². The molecule has 0 aromatic heterocycles. The van der Waals surface area contributed by atoms with Crippen LogP contribution in [0.5, 0.6) is 11.5 Å². The van der Waals surface area contributed by atoms with Gasteiger partial charge in [0, 0.05) is 31.0 Å². The number of ether oxygens (including phenoxy) is 2. The largest absolute Gasteiger partial charge is 0.493 e. The summed E-state index contributed by atoms with van der Waals surface area (Å²) in [6, 6.07) is 25.0. The molecule has 150 valence electrons. The molecule has 0 bridgehead atoms. The van der Waals surface area contributed by atoms with Crippen molar-refractivity contribution in [2.24, 2.45) is 0 Å². The molecule has 3 aromatic carbocycles. The van der Waals surface area contributed by atoms with Crippen molar-refractivity contribution in [3.05, 3.63) is 83.9 Å². The van der Waals surface area contributed by atoms with E-state index >= 15 is 0 Å². The fraction of sp³-hybridized carbons (Fsp3) is 0.280. The summed E-state index contributed by atoms with van der Waals surface area (Å²) >= 11 is 0. The minimum atomic E-state index is 0.526. The highest BCUT2D eigenvalue weighted by Crippen LogP contribution is 2.29. The maximum atomic E-state index is 5.94. The van der Waals surface area contributed by atoms with Gasteiger partial charge in [-0.1, -0.05) is 36.4 Å². The molecule has 0 spiro atoms. The second-order valence-corrected chi connectivity index (χ2v) is 7.35. The van der Waals surface area contributed by atoms with Crippen LogP contribution in [0.25, 0.3) is 0 Å². The number of rotatable bonds is 8. The van der Waals surface area contributed by atoms with E-state index in [4.69, 9.17) is 9.47 Å². The van der Waals surface area contributed by atoms with Gasteiger partial charge in [0.05, 0.1) is 7.11 Å². The van der Waals surface area contributed by atoms with E-state index in [-0.39, 0.29) is 0 Å². The smallest absolute Gasteiger partial charge is 0.161 e. The summed E-state index contributed by atoms with van der Waals surface area (Å²) in [5, 5.41) is 3.49. The second kappa shape index (κ2) is 9.37. The number of methoxy groups -OCH3 is 1. The lowest BCUT2D eigenvalue weighted by atomic mass is 10.2. The zero-order chi connectivity index (χ0) is 19.9. The quantitative estimate of drug-likeness (QED) is 0.553. The van der Waals surface area contributed by atoms with E-state index in [2.05, 4.69) is 52.7 Å². The number of hydrogen-bond donors (Lipinski definition) is 1. The van der Waals surface area contributed by atoms with Crippen molar-refractivity contribution in [2.75, 3.05) is 30.4 Å². The second-order valence-electron chi connectivity index (χ2n) is 7.35. The molecule has 3 aromatic rings. The van der Waals surface area contributed by atoms with E-state index in [9.17, 15) is 0 Å². The van der Waals surface area contributed by atoms with E-state index in [1.165, 1.54) is 31.6 Å². The first kappa shape index (κ1) is 19.2. The third-order valence-corrected chi connectivity index (χ3v) is 5.30. The summed E-state index contributed by atoms with van der Waals surface area (Å²) in [6.45, 7) is 3.60. The lowest BCUT2D eigenvalue weighted by Gasteiger charge is -2.18. The van der Waals surface area contributed by atoms with Crippen molar-refractivity contribution in [3.63, 3.8) is 0 Å². The normalized spacial score (nSPS) is 13.3. The Morgan fingerprint density at radius 1 is 0.828 bits per heavy atom. The van der Waals surface area contributed by atoms with E-state index < -0.39 is 0 Å². The first-order valence-electron chi connectivity index (χ1n) is 10.2. The van der Waals surface area contributed by atoms with Gasteiger partial charge in [0.2, 0.25) is 0 Å². The van der Waals surface area contributed by atoms with Crippen LogP contribution in [-0.4, -0.2) is 20.2 Å². The molecule has 1 heterocycles. The van der Waals surface area contributed by atoms with Crippen LogP contribution in [0, 0.1) is 0 Å². The Bertz CT molecular complexity index is 904. The number of hydrogen-bond acceptors (Lipinski definition) is 4. The van der Waals surface area contributed by atoms with Crippen LogP contribution in [0.15, 0.2) is 72.8 Å². The predicted molar refractivity (Wildman–Crippen MR) is 119 cm³/mol. The minimum absolute atomic E-state index is 0.526. The summed E-state index contributed by atoms with van der Waals surface area (Å²) in [5.74, 6) is 1.51. The van der Waals surface area contributed by atoms with E-state index in [0.717, 1.165) is 34.9 Å². The van der Waals surface area contributed by atoms with Crippen LogP contribution < -0.4 is 19.7 Å². The zero-order valence-corrected chi connectivity index (χ0v) is 16.9. The van der Waals surface area contributed by atoms with Gasteiger partial charge in [-0.2, -0.15) is 0 Å². The van der Waals surface area contributed by atoms with Crippen molar-refractivity contribution >= 4 is 11.4 Å². The predicted octanol–water partition coefficient (Wildman–Crippen LogP) is 5.49. The molecule has 0 unspecified atom stereocenters. The standard InChI is InChI=1S/C25H28N2O2/c1-28-25-17-21(9-14-24(25)29-19-20-7-3-2-4-8-20)18-26-22-10-12-23(13-11-22)27-15-5-6-16-27/h2-4,7-14,17,26H,5-6,15-16,18-19H2,1H3. The van der Waals surface area contributed by atoms with Crippen molar-refractivity contribution in [1.29, 1.82) is 0 Å². The molecule has 0 aliphatic carbocycles. The Labute approximate surface area is 173 Å². The number of nitrogens with one attached hydrogen (secondary N) is 1. The van der Waals surface area contributed by atoms with Gasteiger partial charge in [0.15, 0.2) is 11.5 Å².